The molecule has 2 heterocycles. The highest BCUT2D eigenvalue weighted by atomic mass is 16.5. The van der Waals surface area contributed by atoms with Gasteiger partial charge in [-0.25, -0.2) is 4.79 Å². The van der Waals surface area contributed by atoms with Gasteiger partial charge in [0, 0.05) is 11.8 Å². The molecular formula is C11H14N2O4. The number of nitrogens with zero attached hydrogens (tertiary/aromatic N) is 1. The zero-order valence-corrected chi connectivity index (χ0v) is 9.73. The Kier molecular flexibility index (Phi) is 2.97. The number of nitrogens with one attached hydrogen (secondary N) is 1. The highest BCUT2D eigenvalue weighted by Crippen LogP contribution is 2.25. The van der Waals surface area contributed by atoms with E-state index >= 15 is 0 Å². The first-order valence-electron chi connectivity index (χ1n) is 5.53. The zero-order valence-electron chi connectivity index (χ0n) is 9.73. The molecule has 2 rings (SSSR count). The molecule has 0 saturated carbocycles. The number of rotatable bonds is 2. The van der Waals surface area contributed by atoms with E-state index in [2.05, 4.69) is 4.98 Å². The summed E-state index contributed by atoms with van der Waals surface area (Å²) < 4.78 is 6.74. The zero-order chi connectivity index (χ0) is 12.6. The fourth-order valence-electron chi connectivity index (χ4n) is 1.91. The summed E-state index contributed by atoms with van der Waals surface area (Å²) in [7, 11) is 0. The van der Waals surface area contributed by atoms with E-state index in [4.69, 9.17) is 4.74 Å². The van der Waals surface area contributed by atoms with Gasteiger partial charge >= 0.3 is 5.69 Å². The summed E-state index contributed by atoms with van der Waals surface area (Å²) in [4.78, 5) is 36.5. The average molecular weight is 238 g/mol. The lowest BCUT2D eigenvalue weighted by molar-refractivity contribution is -0.123. The van der Waals surface area contributed by atoms with E-state index in [0.29, 0.717) is 12.0 Å². The predicted octanol–water partition coefficient (Wildman–Crippen LogP) is 0.112. The van der Waals surface area contributed by atoms with Crippen LogP contribution >= 0.6 is 0 Å². The van der Waals surface area contributed by atoms with Crippen LogP contribution in [0.2, 0.25) is 0 Å². The maximum atomic E-state index is 11.6. The topological polar surface area (TPSA) is 81.2 Å². The quantitative estimate of drug-likeness (QED) is 0.793. The number of aromatic nitrogens is 2. The number of ether oxygens (including phenoxy) is 1. The number of ketones is 1. The molecule has 1 aromatic heterocycles. The number of Topliss-reactive ketones (excluding diaryl/α,β-unsaturated/α-hetero) is 1. The second-order valence-electron chi connectivity index (χ2n) is 4.14. The van der Waals surface area contributed by atoms with Gasteiger partial charge in [0.25, 0.3) is 5.56 Å². The Hall–Kier alpha value is -1.69. The molecule has 0 unspecified atom stereocenters. The second kappa shape index (κ2) is 4.29. The minimum absolute atomic E-state index is 0.00625. The normalized spacial score (nSPS) is 24.2. The van der Waals surface area contributed by atoms with Crippen LogP contribution in [0, 0.1) is 6.92 Å². The van der Waals surface area contributed by atoms with Crippen molar-refractivity contribution in [3.8, 4) is 0 Å². The summed E-state index contributed by atoms with van der Waals surface area (Å²) in [6.07, 6.45) is 1.14. The number of H-pyrrole nitrogens is 1. The molecule has 1 saturated heterocycles. The van der Waals surface area contributed by atoms with Crippen LogP contribution in [0.1, 0.15) is 31.6 Å². The third-order valence-corrected chi connectivity index (χ3v) is 2.88. The van der Waals surface area contributed by atoms with Crippen molar-refractivity contribution in [3.63, 3.8) is 0 Å². The van der Waals surface area contributed by atoms with Gasteiger partial charge in [0.1, 0.15) is 12.3 Å². The van der Waals surface area contributed by atoms with E-state index in [-0.39, 0.29) is 12.2 Å². The SMILES string of the molecule is CC[C@H]1O[C@@H](n2cc(C)c(=O)[nH]c2=O)CC1=O. The molecule has 6 heteroatoms. The fourth-order valence-corrected chi connectivity index (χ4v) is 1.91. The average Bonchev–Trinajstić information content (AvgIpc) is 2.65. The Morgan fingerprint density at radius 2 is 2.18 bits per heavy atom. The molecule has 2 atom stereocenters. The van der Waals surface area contributed by atoms with Crippen LogP contribution in [0.25, 0.3) is 0 Å². The molecule has 0 radical (unpaired) electrons. The summed E-state index contributed by atoms with van der Waals surface area (Å²) in [6.45, 7) is 3.45. The highest BCUT2D eigenvalue weighted by molar-refractivity contribution is 5.84. The molecule has 1 fully saturated rings. The fraction of sp³-hybridized carbons (Fsp3) is 0.545. The van der Waals surface area contributed by atoms with Gasteiger partial charge < -0.3 is 4.74 Å². The van der Waals surface area contributed by atoms with E-state index in [1.165, 1.54) is 10.8 Å². The molecule has 17 heavy (non-hydrogen) atoms. The van der Waals surface area contributed by atoms with E-state index in [1.807, 2.05) is 6.92 Å². The number of aryl methyl sites for hydroxylation is 1. The summed E-state index contributed by atoms with van der Waals surface area (Å²) in [5.74, 6) is -0.00625. The molecule has 0 aromatic carbocycles. The van der Waals surface area contributed by atoms with Crippen molar-refractivity contribution in [1.82, 2.24) is 9.55 Å². The third-order valence-electron chi connectivity index (χ3n) is 2.88. The van der Waals surface area contributed by atoms with Crippen molar-refractivity contribution in [3.05, 3.63) is 32.6 Å². The van der Waals surface area contributed by atoms with Crippen LogP contribution in [0.4, 0.5) is 0 Å². The van der Waals surface area contributed by atoms with Gasteiger partial charge in [-0.2, -0.15) is 0 Å². The van der Waals surface area contributed by atoms with Crippen molar-refractivity contribution >= 4 is 5.78 Å². The molecule has 6 nitrogen and oxygen atoms in total. The molecule has 92 valence electrons. The van der Waals surface area contributed by atoms with E-state index in [1.54, 1.807) is 6.92 Å². The molecule has 0 spiro atoms. The van der Waals surface area contributed by atoms with Crippen molar-refractivity contribution in [2.75, 3.05) is 0 Å². The number of hydrogen-bond donors (Lipinski definition) is 1. The molecule has 0 amide bonds. The summed E-state index contributed by atoms with van der Waals surface area (Å²) in [6, 6.07) is 0. The van der Waals surface area contributed by atoms with Crippen LogP contribution in [0.5, 0.6) is 0 Å². The van der Waals surface area contributed by atoms with Gasteiger partial charge in [0.2, 0.25) is 0 Å². The number of carbonyl (C=O) groups is 1. The van der Waals surface area contributed by atoms with E-state index < -0.39 is 23.6 Å². The third kappa shape index (κ3) is 2.08. The summed E-state index contributed by atoms with van der Waals surface area (Å²) >= 11 is 0. The van der Waals surface area contributed by atoms with Crippen LogP contribution in [-0.4, -0.2) is 21.4 Å². The van der Waals surface area contributed by atoms with Crippen LogP contribution in [0.15, 0.2) is 15.8 Å². The molecular weight excluding hydrogens is 224 g/mol. The van der Waals surface area contributed by atoms with Gasteiger partial charge in [-0.15, -0.1) is 0 Å². The minimum Gasteiger partial charge on any atom is -0.346 e. The Morgan fingerprint density at radius 1 is 1.47 bits per heavy atom. The lowest BCUT2D eigenvalue weighted by atomic mass is 10.2. The van der Waals surface area contributed by atoms with E-state index in [0.717, 1.165) is 0 Å². The summed E-state index contributed by atoms with van der Waals surface area (Å²) in [5.41, 5.74) is -0.543. The van der Waals surface area contributed by atoms with Crippen molar-refractivity contribution in [1.29, 1.82) is 0 Å². The maximum Gasteiger partial charge on any atom is 0.330 e. The first-order valence-corrected chi connectivity index (χ1v) is 5.53. The van der Waals surface area contributed by atoms with Gasteiger partial charge in [0.15, 0.2) is 5.78 Å². The number of hydrogen-bond acceptors (Lipinski definition) is 4. The summed E-state index contributed by atoms with van der Waals surface area (Å²) in [5, 5.41) is 0. The maximum absolute atomic E-state index is 11.6. The number of aromatic amines is 1. The number of carbonyl (C=O) groups excluding carboxylic acids is 1. The van der Waals surface area contributed by atoms with Crippen LogP contribution in [0.3, 0.4) is 0 Å². The first-order chi connectivity index (χ1) is 8.02. The molecule has 1 aromatic rings. The standard InChI is InChI=1S/C11H14N2O4/c1-3-8-7(14)4-9(17-8)13-5-6(2)10(15)12-11(13)16/h5,8-9H,3-4H2,1-2H3,(H,12,15,16)/t8-,9-/m1/s1. The minimum atomic E-state index is -0.601. The van der Waals surface area contributed by atoms with Crippen LogP contribution in [-0.2, 0) is 9.53 Å². The molecule has 1 aliphatic heterocycles. The smallest absolute Gasteiger partial charge is 0.330 e. The Bertz CT molecular complexity index is 557. The lowest BCUT2D eigenvalue weighted by Gasteiger charge is -2.14. The highest BCUT2D eigenvalue weighted by Gasteiger charge is 2.33. The molecule has 1 aliphatic rings. The monoisotopic (exact) mass is 238 g/mol. The lowest BCUT2D eigenvalue weighted by Crippen LogP contribution is -2.33. The van der Waals surface area contributed by atoms with Crippen molar-refractivity contribution in [2.24, 2.45) is 0 Å². The predicted molar refractivity (Wildman–Crippen MR) is 59.9 cm³/mol. The van der Waals surface area contributed by atoms with Gasteiger partial charge in [-0.1, -0.05) is 6.92 Å². The van der Waals surface area contributed by atoms with Gasteiger partial charge in [0.05, 0.1) is 6.42 Å². The second-order valence-corrected chi connectivity index (χ2v) is 4.14. The van der Waals surface area contributed by atoms with Crippen LogP contribution < -0.4 is 11.2 Å². The molecule has 0 aliphatic carbocycles. The van der Waals surface area contributed by atoms with Gasteiger partial charge in [-0.05, 0) is 13.3 Å². The Morgan fingerprint density at radius 3 is 2.76 bits per heavy atom. The van der Waals surface area contributed by atoms with Gasteiger partial charge in [-0.3, -0.25) is 19.1 Å². The van der Waals surface area contributed by atoms with Crippen molar-refractivity contribution < 1.29 is 9.53 Å². The Balaban J connectivity index is 2.37. The van der Waals surface area contributed by atoms with Crippen molar-refractivity contribution in [2.45, 2.75) is 39.0 Å². The largest absolute Gasteiger partial charge is 0.346 e. The van der Waals surface area contributed by atoms with E-state index in [9.17, 15) is 14.4 Å². The molecule has 0 bridgehead atoms. The molecule has 1 N–H and O–H groups in total. The first kappa shape index (κ1) is 11.8. The Labute approximate surface area is 97.2 Å².